The summed E-state index contributed by atoms with van der Waals surface area (Å²) >= 11 is 4.12. The van der Waals surface area contributed by atoms with Crippen LogP contribution in [0.5, 0.6) is 0 Å². The standard InChI is InChI=1S/C19H29BrO3/c1-17-6-5-14-12(13(17)2-3-15(17)22)8-16-19(20)9-11(21)4-7-18(14,19)10-23-16/h11-16,21-22H,2-10H2,1H3/t11-,12+,13+,14+,15+,16-,17+,18+,19+/m1/s1. The van der Waals surface area contributed by atoms with Crippen LogP contribution in [0.15, 0.2) is 0 Å². The van der Waals surface area contributed by atoms with Crippen molar-refractivity contribution in [3.63, 3.8) is 0 Å². The molecule has 1 aliphatic heterocycles. The molecule has 5 rings (SSSR count). The van der Waals surface area contributed by atoms with Gasteiger partial charge < -0.3 is 14.9 Å². The highest BCUT2D eigenvalue weighted by molar-refractivity contribution is 9.10. The van der Waals surface area contributed by atoms with Crippen LogP contribution < -0.4 is 0 Å². The van der Waals surface area contributed by atoms with Crippen molar-refractivity contribution in [3.05, 3.63) is 0 Å². The monoisotopic (exact) mass is 384 g/mol. The lowest BCUT2D eigenvalue weighted by atomic mass is 9.45. The molecular weight excluding hydrogens is 356 g/mol. The minimum atomic E-state index is -0.176. The van der Waals surface area contributed by atoms with Crippen molar-refractivity contribution < 1.29 is 14.9 Å². The van der Waals surface area contributed by atoms with Gasteiger partial charge >= 0.3 is 0 Å². The van der Waals surface area contributed by atoms with E-state index in [0.29, 0.717) is 17.8 Å². The first-order valence-corrected chi connectivity index (χ1v) is 10.4. The number of hydrogen-bond donors (Lipinski definition) is 2. The quantitative estimate of drug-likeness (QED) is 0.630. The summed E-state index contributed by atoms with van der Waals surface area (Å²) in [4.78, 5) is 0. The SMILES string of the molecule is C[C@]12CC[C@H]3[C@@H](C[C@H]4OC[C@@]35CC[C@@H](O)C[C@]45Br)[C@@H]1CC[C@@H]2O. The molecule has 2 bridgehead atoms. The second-order valence-electron chi connectivity index (χ2n) is 9.47. The van der Waals surface area contributed by atoms with Gasteiger partial charge in [-0.2, -0.15) is 0 Å². The molecule has 130 valence electrons. The Morgan fingerprint density at radius 1 is 1.04 bits per heavy atom. The molecule has 1 saturated heterocycles. The van der Waals surface area contributed by atoms with E-state index in [4.69, 9.17) is 4.74 Å². The van der Waals surface area contributed by atoms with Crippen molar-refractivity contribution in [3.8, 4) is 0 Å². The predicted molar refractivity (Wildman–Crippen MR) is 91.4 cm³/mol. The molecule has 4 saturated carbocycles. The maximum absolute atomic E-state index is 10.6. The topological polar surface area (TPSA) is 49.7 Å². The van der Waals surface area contributed by atoms with Gasteiger partial charge in [-0.05, 0) is 74.5 Å². The van der Waals surface area contributed by atoms with Crippen LogP contribution in [0.2, 0.25) is 0 Å². The second-order valence-corrected chi connectivity index (χ2v) is 10.9. The molecule has 9 atom stereocenters. The Kier molecular flexibility index (Phi) is 3.22. The van der Waals surface area contributed by atoms with Gasteiger partial charge in [-0.25, -0.2) is 0 Å². The molecule has 4 heteroatoms. The molecule has 0 spiro atoms. The lowest BCUT2D eigenvalue weighted by Crippen LogP contribution is -2.63. The molecule has 4 aliphatic carbocycles. The Hall–Kier alpha value is 0.360. The van der Waals surface area contributed by atoms with Crippen LogP contribution in [0.4, 0.5) is 0 Å². The summed E-state index contributed by atoms with van der Waals surface area (Å²) in [5.41, 5.74) is 0.354. The minimum absolute atomic E-state index is 0.0101. The predicted octanol–water partition coefficient (Wildman–Crippen LogP) is 3.26. The van der Waals surface area contributed by atoms with Crippen LogP contribution >= 0.6 is 15.9 Å². The summed E-state index contributed by atoms with van der Waals surface area (Å²) in [6.07, 6.45) is 8.55. The highest BCUT2D eigenvalue weighted by Crippen LogP contribution is 2.72. The maximum Gasteiger partial charge on any atom is 0.0738 e. The van der Waals surface area contributed by atoms with E-state index in [0.717, 1.165) is 45.1 Å². The van der Waals surface area contributed by atoms with E-state index in [9.17, 15) is 10.2 Å². The maximum atomic E-state index is 10.6. The molecular formula is C19H29BrO3. The van der Waals surface area contributed by atoms with E-state index in [1.165, 1.54) is 12.8 Å². The van der Waals surface area contributed by atoms with Crippen molar-refractivity contribution in [1.29, 1.82) is 0 Å². The fraction of sp³-hybridized carbons (Fsp3) is 1.00. The van der Waals surface area contributed by atoms with E-state index < -0.39 is 0 Å². The summed E-state index contributed by atoms with van der Waals surface area (Å²) in [5.74, 6) is 2.08. The van der Waals surface area contributed by atoms with E-state index in [-0.39, 0.29) is 33.5 Å². The number of halogens is 1. The second kappa shape index (κ2) is 4.75. The van der Waals surface area contributed by atoms with Gasteiger partial charge in [0.25, 0.3) is 0 Å². The first-order chi connectivity index (χ1) is 10.9. The van der Waals surface area contributed by atoms with E-state index in [2.05, 4.69) is 22.9 Å². The summed E-state index contributed by atoms with van der Waals surface area (Å²) in [5, 5.41) is 20.8. The molecule has 1 heterocycles. The fourth-order valence-electron chi connectivity index (χ4n) is 7.68. The number of aliphatic hydroxyl groups excluding tert-OH is 2. The lowest BCUT2D eigenvalue weighted by molar-refractivity contribution is -0.112. The van der Waals surface area contributed by atoms with Gasteiger partial charge in [0.1, 0.15) is 0 Å². The molecule has 0 aromatic rings. The highest BCUT2D eigenvalue weighted by Gasteiger charge is 2.72. The highest BCUT2D eigenvalue weighted by atomic mass is 79.9. The number of hydrogen-bond acceptors (Lipinski definition) is 3. The smallest absolute Gasteiger partial charge is 0.0738 e. The van der Waals surface area contributed by atoms with Crippen LogP contribution in [0.25, 0.3) is 0 Å². The zero-order valence-corrected chi connectivity index (χ0v) is 15.6. The number of rotatable bonds is 0. The third-order valence-electron chi connectivity index (χ3n) is 8.92. The van der Waals surface area contributed by atoms with Gasteiger partial charge in [0.15, 0.2) is 0 Å². The Morgan fingerprint density at radius 3 is 2.70 bits per heavy atom. The van der Waals surface area contributed by atoms with E-state index in [1.807, 2.05) is 0 Å². The molecule has 0 aromatic heterocycles. The van der Waals surface area contributed by atoms with E-state index >= 15 is 0 Å². The Bertz CT molecular complexity index is 527. The van der Waals surface area contributed by atoms with E-state index in [1.54, 1.807) is 0 Å². The molecule has 0 amide bonds. The molecule has 5 aliphatic rings. The molecule has 23 heavy (non-hydrogen) atoms. The summed E-state index contributed by atoms with van der Waals surface area (Å²) in [7, 11) is 0. The minimum Gasteiger partial charge on any atom is -0.393 e. The van der Waals surface area contributed by atoms with Crippen molar-refractivity contribution in [2.45, 2.75) is 80.9 Å². The van der Waals surface area contributed by atoms with Crippen molar-refractivity contribution in [2.24, 2.45) is 28.6 Å². The van der Waals surface area contributed by atoms with Crippen molar-refractivity contribution >= 4 is 15.9 Å². The molecule has 0 unspecified atom stereocenters. The van der Waals surface area contributed by atoms with Gasteiger partial charge in [0, 0.05) is 5.41 Å². The Labute approximate surface area is 147 Å². The largest absolute Gasteiger partial charge is 0.393 e. The zero-order valence-electron chi connectivity index (χ0n) is 14.0. The fourth-order valence-corrected chi connectivity index (χ4v) is 8.98. The molecule has 0 aromatic carbocycles. The molecule has 0 radical (unpaired) electrons. The van der Waals surface area contributed by atoms with Gasteiger partial charge in [-0.3, -0.25) is 0 Å². The average molecular weight is 385 g/mol. The van der Waals surface area contributed by atoms with Crippen LogP contribution in [0, 0.1) is 28.6 Å². The molecule has 2 N–H and O–H groups in total. The number of ether oxygens (including phenoxy) is 1. The number of aliphatic hydroxyl groups is 2. The lowest BCUT2D eigenvalue weighted by Gasteiger charge is -2.62. The van der Waals surface area contributed by atoms with Crippen LogP contribution in [0.3, 0.4) is 0 Å². The normalized spacial score (nSPS) is 64.2. The number of fused-ring (bicyclic) bond motifs is 3. The summed E-state index contributed by atoms with van der Waals surface area (Å²) < 4.78 is 6.34. The first kappa shape index (κ1) is 15.6. The third-order valence-corrected chi connectivity index (χ3v) is 10.5. The van der Waals surface area contributed by atoms with Crippen LogP contribution in [-0.4, -0.2) is 39.5 Å². The Balaban J connectivity index is 1.55. The molecule has 5 fully saturated rings. The number of alkyl halides is 1. The van der Waals surface area contributed by atoms with Gasteiger partial charge in [-0.15, -0.1) is 0 Å². The van der Waals surface area contributed by atoms with Crippen LogP contribution in [-0.2, 0) is 4.74 Å². The Morgan fingerprint density at radius 2 is 1.87 bits per heavy atom. The van der Waals surface area contributed by atoms with Crippen LogP contribution in [0.1, 0.15) is 58.3 Å². The van der Waals surface area contributed by atoms with Crippen molar-refractivity contribution in [2.75, 3.05) is 6.61 Å². The average Bonchev–Trinajstić information content (AvgIpc) is 2.88. The van der Waals surface area contributed by atoms with Gasteiger partial charge in [0.2, 0.25) is 0 Å². The van der Waals surface area contributed by atoms with Crippen molar-refractivity contribution in [1.82, 2.24) is 0 Å². The first-order valence-electron chi connectivity index (χ1n) is 9.57. The van der Waals surface area contributed by atoms with Gasteiger partial charge in [0.05, 0.1) is 29.2 Å². The summed E-state index contributed by atoms with van der Waals surface area (Å²) in [6, 6.07) is 0. The summed E-state index contributed by atoms with van der Waals surface area (Å²) in [6.45, 7) is 3.22. The third kappa shape index (κ3) is 1.72. The molecule has 3 nitrogen and oxygen atoms in total. The zero-order chi connectivity index (χ0) is 16.0. The van der Waals surface area contributed by atoms with Gasteiger partial charge in [-0.1, -0.05) is 22.9 Å².